The number of hydrogen-bond donors (Lipinski definition) is 0. The number of carbonyl (C=O) groups is 1. The zero-order valence-electron chi connectivity index (χ0n) is 20.6. The van der Waals surface area contributed by atoms with Crippen molar-refractivity contribution in [2.24, 2.45) is 0 Å². The lowest BCUT2D eigenvalue weighted by molar-refractivity contribution is 0.0829. The van der Waals surface area contributed by atoms with Crippen molar-refractivity contribution in [3.05, 3.63) is 42.5 Å². The van der Waals surface area contributed by atoms with Crippen LogP contribution in [0.2, 0.25) is 18.1 Å². The summed E-state index contributed by atoms with van der Waals surface area (Å²) < 4.78 is 42.7. The number of rotatable bonds is 5. The van der Waals surface area contributed by atoms with Gasteiger partial charge in [-0.3, -0.25) is 4.90 Å². The van der Waals surface area contributed by atoms with Crippen molar-refractivity contribution in [1.29, 1.82) is 0 Å². The van der Waals surface area contributed by atoms with Gasteiger partial charge in [0.1, 0.15) is 11.9 Å². The fraction of sp³-hybridized carbons (Fsp3) is 0.480. The number of cyclic esters (lactones) is 1. The Bertz CT molecular complexity index is 1200. The lowest BCUT2D eigenvalue weighted by atomic mass is 10.0. The number of sulfone groups is 1. The van der Waals surface area contributed by atoms with E-state index in [1.54, 1.807) is 41.3 Å². The number of fused-ring (bicyclic) bond motifs is 3. The van der Waals surface area contributed by atoms with Gasteiger partial charge in [-0.1, -0.05) is 45.0 Å². The molecule has 0 bridgehead atoms. The Morgan fingerprint density at radius 1 is 1.15 bits per heavy atom. The Balaban J connectivity index is 1.63. The number of anilines is 1. The van der Waals surface area contributed by atoms with E-state index in [9.17, 15) is 13.2 Å². The van der Waals surface area contributed by atoms with Crippen molar-refractivity contribution < 1.29 is 27.1 Å². The van der Waals surface area contributed by atoms with Crippen molar-refractivity contribution in [3.63, 3.8) is 0 Å². The Kier molecular flexibility index (Phi) is 6.33. The normalized spacial score (nSPS) is 20.8. The third-order valence-electron chi connectivity index (χ3n) is 7.11. The van der Waals surface area contributed by atoms with E-state index in [1.165, 1.54) is 6.26 Å². The standard InChI is InChI=1S/C25H33NO6SSi/c1-25(2,3)34(5,6)31-16-22-20-13-14-30-21-15-17(11-12-19(21)26(20)24(27)32-22)18-9-7-8-10-23(18)33(4,28)29/h7-12,15,20,22H,13-14,16H2,1-6H3/t20-,22-/m0/s1. The quantitative estimate of drug-likeness (QED) is 0.518. The third-order valence-corrected chi connectivity index (χ3v) is 12.8. The van der Waals surface area contributed by atoms with Crippen LogP contribution in [0.5, 0.6) is 5.75 Å². The second-order valence-electron chi connectivity index (χ2n) is 10.5. The Labute approximate surface area is 203 Å². The summed E-state index contributed by atoms with van der Waals surface area (Å²) in [6.45, 7) is 11.7. The molecule has 0 aliphatic carbocycles. The number of carbonyl (C=O) groups excluding carboxylic acids is 1. The Morgan fingerprint density at radius 2 is 1.85 bits per heavy atom. The maximum absolute atomic E-state index is 12.9. The molecule has 2 aliphatic heterocycles. The number of amides is 1. The van der Waals surface area contributed by atoms with Crippen LogP contribution < -0.4 is 9.64 Å². The largest absolute Gasteiger partial charge is 0.491 e. The molecular weight excluding hydrogens is 470 g/mol. The maximum atomic E-state index is 12.9. The SMILES string of the molecule is CC(C)(C)[Si](C)(C)OC[C@@H]1OC(=O)N2c3ccc(-c4ccccc4S(C)(=O)=O)cc3OCC[C@@H]12. The van der Waals surface area contributed by atoms with Crippen molar-refractivity contribution in [3.8, 4) is 16.9 Å². The molecule has 0 aromatic heterocycles. The molecule has 184 valence electrons. The van der Waals surface area contributed by atoms with Gasteiger partial charge in [0.25, 0.3) is 0 Å². The lowest BCUT2D eigenvalue weighted by Gasteiger charge is -2.37. The van der Waals surface area contributed by atoms with Gasteiger partial charge < -0.3 is 13.9 Å². The number of ether oxygens (including phenoxy) is 2. The van der Waals surface area contributed by atoms with Crippen molar-refractivity contribution in [2.75, 3.05) is 24.4 Å². The van der Waals surface area contributed by atoms with Crippen molar-refractivity contribution in [1.82, 2.24) is 0 Å². The van der Waals surface area contributed by atoms with Gasteiger partial charge in [0.15, 0.2) is 18.2 Å². The highest BCUT2D eigenvalue weighted by molar-refractivity contribution is 7.90. The Morgan fingerprint density at radius 3 is 2.53 bits per heavy atom. The molecule has 2 aliphatic rings. The minimum Gasteiger partial charge on any atom is -0.491 e. The third kappa shape index (κ3) is 4.61. The van der Waals surface area contributed by atoms with E-state index in [0.717, 1.165) is 0 Å². The molecule has 2 heterocycles. The molecule has 1 fully saturated rings. The molecule has 7 nitrogen and oxygen atoms in total. The van der Waals surface area contributed by atoms with Crippen LogP contribution in [-0.2, 0) is 19.0 Å². The molecule has 0 saturated carbocycles. The summed E-state index contributed by atoms with van der Waals surface area (Å²) in [5, 5.41) is 0.0626. The van der Waals surface area contributed by atoms with Crippen molar-refractivity contribution in [2.45, 2.75) is 62.4 Å². The topological polar surface area (TPSA) is 82.1 Å². The van der Waals surface area contributed by atoms with E-state index in [0.29, 0.717) is 42.2 Å². The van der Waals surface area contributed by atoms with Crippen LogP contribution in [-0.4, -0.2) is 54.4 Å². The first-order valence-electron chi connectivity index (χ1n) is 11.5. The van der Waals surface area contributed by atoms with Gasteiger partial charge in [-0.05, 0) is 41.9 Å². The van der Waals surface area contributed by atoms with Gasteiger partial charge in [-0.2, -0.15) is 0 Å². The Hall–Kier alpha value is -2.36. The average molecular weight is 504 g/mol. The van der Waals surface area contributed by atoms with Crippen LogP contribution in [0.3, 0.4) is 0 Å². The van der Waals surface area contributed by atoms with Gasteiger partial charge in [0.05, 0.1) is 29.8 Å². The van der Waals surface area contributed by atoms with E-state index < -0.39 is 24.2 Å². The summed E-state index contributed by atoms with van der Waals surface area (Å²) in [7, 11) is -5.40. The summed E-state index contributed by atoms with van der Waals surface area (Å²) in [6.07, 6.45) is 1.02. The molecule has 4 rings (SSSR count). The van der Waals surface area contributed by atoms with Crippen LogP contribution in [0.25, 0.3) is 11.1 Å². The molecule has 0 N–H and O–H groups in total. The maximum Gasteiger partial charge on any atom is 0.415 e. The molecule has 2 aromatic rings. The number of hydrogen-bond acceptors (Lipinski definition) is 6. The second-order valence-corrected chi connectivity index (χ2v) is 17.3. The number of benzene rings is 2. The van der Waals surface area contributed by atoms with Crippen LogP contribution in [0.4, 0.5) is 10.5 Å². The lowest BCUT2D eigenvalue weighted by Crippen LogP contribution is -2.45. The second kappa shape index (κ2) is 8.69. The minimum atomic E-state index is -3.41. The molecule has 0 spiro atoms. The van der Waals surface area contributed by atoms with Crippen LogP contribution in [0, 0.1) is 0 Å². The molecule has 34 heavy (non-hydrogen) atoms. The smallest absolute Gasteiger partial charge is 0.415 e. The van der Waals surface area contributed by atoms with Gasteiger partial charge >= 0.3 is 6.09 Å². The zero-order valence-corrected chi connectivity index (χ0v) is 22.4. The predicted octanol–water partition coefficient (Wildman–Crippen LogP) is 5.26. The monoisotopic (exact) mass is 503 g/mol. The van der Waals surface area contributed by atoms with Gasteiger partial charge in [-0.25, -0.2) is 13.2 Å². The minimum absolute atomic E-state index is 0.0626. The zero-order chi connectivity index (χ0) is 24.9. The molecule has 0 radical (unpaired) electrons. The summed E-state index contributed by atoms with van der Waals surface area (Å²) in [5.41, 5.74) is 1.94. The van der Waals surface area contributed by atoms with E-state index in [1.807, 2.05) is 6.07 Å². The van der Waals surface area contributed by atoms with Crippen molar-refractivity contribution >= 4 is 29.9 Å². The van der Waals surface area contributed by atoms with Gasteiger partial charge in [-0.15, -0.1) is 0 Å². The van der Waals surface area contributed by atoms with Gasteiger partial charge in [0, 0.05) is 18.2 Å². The van der Waals surface area contributed by atoms with Crippen LogP contribution in [0.1, 0.15) is 27.2 Å². The highest BCUT2D eigenvalue weighted by Crippen LogP contribution is 2.42. The van der Waals surface area contributed by atoms with E-state index in [2.05, 4.69) is 33.9 Å². The molecular formula is C25H33NO6SSi. The molecule has 0 unspecified atom stereocenters. The molecule has 1 amide bonds. The highest BCUT2D eigenvalue weighted by atomic mass is 32.2. The van der Waals surface area contributed by atoms with E-state index in [-0.39, 0.29) is 22.1 Å². The first kappa shape index (κ1) is 24.8. The van der Waals surface area contributed by atoms with E-state index in [4.69, 9.17) is 13.9 Å². The first-order chi connectivity index (χ1) is 15.8. The molecule has 2 atom stereocenters. The molecule has 2 aromatic carbocycles. The average Bonchev–Trinajstić information content (AvgIpc) is 2.93. The predicted molar refractivity (Wildman–Crippen MR) is 135 cm³/mol. The summed E-state index contributed by atoms with van der Waals surface area (Å²) in [4.78, 5) is 14.8. The molecule has 1 saturated heterocycles. The van der Waals surface area contributed by atoms with Crippen LogP contribution >= 0.6 is 0 Å². The van der Waals surface area contributed by atoms with Crippen LogP contribution in [0.15, 0.2) is 47.4 Å². The van der Waals surface area contributed by atoms with E-state index >= 15 is 0 Å². The number of nitrogens with zero attached hydrogens (tertiary/aromatic N) is 1. The fourth-order valence-electron chi connectivity index (χ4n) is 4.12. The molecule has 9 heteroatoms. The summed E-state index contributed by atoms with van der Waals surface area (Å²) >= 11 is 0. The van der Waals surface area contributed by atoms with Gasteiger partial charge in [0.2, 0.25) is 0 Å². The summed E-state index contributed by atoms with van der Waals surface area (Å²) in [6, 6.07) is 12.1. The summed E-state index contributed by atoms with van der Waals surface area (Å²) in [5.74, 6) is 0.534. The highest BCUT2D eigenvalue weighted by Gasteiger charge is 2.46. The first-order valence-corrected chi connectivity index (χ1v) is 16.3. The fourth-order valence-corrected chi connectivity index (χ4v) is 6.05.